The number of allylic oxidation sites excluding steroid dienone is 1. The van der Waals surface area contributed by atoms with Gasteiger partial charge in [0, 0.05) is 5.92 Å². The van der Waals surface area contributed by atoms with Crippen LogP contribution in [0.2, 0.25) is 0 Å². The number of halogens is 3. The first-order valence-electron chi connectivity index (χ1n) is 5.56. The summed E-state index contributed by atoms with van der Waals surface area (Å²) in [6, 6.07) is 3.92. The van der Waals surface area contributed by atoms with Crippen LogP contribution in [0.1, 0.15) is 37.0 Å². The second-order valence-corrected chi connectivity index (χ2v) is 4.01. The number of benzene rings is 1. The molecule has 1 rings (SSSR count). The highest BCUT2D eigenvalue weighted by molar-refractivity contribution is 5.45. The molecule has 0 amide bonds. The maximum absolute atomic E-state index is 12.6. The van der Waals surface area contributed by atoms with E-state index in [0.717, 1.165) is 30.4 Å². The fourth-order valence-corrected chi connectivity index (χ4v) is 1.72. The van der Waals surface area contributed by atoms with Crippen molar-refractivity contribution in [2.45, 2.75) is 32.9 Å². The maximum atomic E-state index is 12.6. The third kappa shape index (κ3) is 3.35. The van der Waals surface area contributed by atoms with Gasteiger partial charge in [-0.3, -0.25) is 0 Å². The molecule has 0 aromatic heterocycles. The van der Waals surface area contributed by atoms with Crippen molar-refractivity contribution in [3.05, 3.63) is 53.5 Å². The van der Waals surface area contributed by atoms with Gasteiger partial charge in [0.2, 0.25) is 0 Å². The molecule has 0 fully saturated rings. The number of rotatable bonds is 4. The third-order valence-electron chi connectivity index (χ3n) is 2.69. The average molecular weight is 241 g/mol. The summed E-state index contributed by atoms with van der Waals surface area (Å²) >= 11 is 0. The summed E-state index contributed by atoms with van der Waals surface area (Å²) in [6.07, 6.45) is -1.02. The highest BCUT2D eigenvalue weighted by Crippen LogP contribution is 2.33. The predicted molar refractivity (Wildman–Crippen MR) is 63.7 cm³/mol. The zero-order valence-corrected chi connectivity index (χ0v) is 10.1. The lowest BCUT2D eigenvalue weighted by Crippen LogP contribution is -2.08. The molecule has 0 aliphatic carbocycles. The molecule has 0 atom stereocenters. The Hall–Kier alpha value is -1.25. The Balaban J connectivity index is 3.23. The number of alkyl halides is 3. The molecule has 17 heavy (non-hydrogen) atoms. The Morgan fingerprint density at radius 1 is 1.35 bits per heavy atom. The first-order valence-corrected chi connectivity index (χ1v) is 5.56. The van der Waals surface area contributed by atoms with Gasteiger partial charge in [-0.25, -0.2) is 0 Å². The molecule has 0 aliphatic heterocycles. The van der Waals surface area contributed by atoms with E-state index >= 15 is 0 Å². The lowest BCUT2D eigenvalue weighted by molar-refractivity contribution is -0.137. The van der Waals surface area contributed by atoms with E-state index in [1.807, 2.05) is 6.92 Å². The summed E-state index contributed by atoms with van der Waals surface area (Å²) in [5.41, 5.74) is 0.989. The summed E-state index contributed by atoms with van der Waals surface area (Å²) in [6.45, 7) is 7.40. The van der Waals surface area contributed by atoms with Crippen LogP contribution in [0.15, 0.2) is 30.9 Å². The van der Waals surface area contributed by atoms with Gasteiger partial charge < -0.3 is 0 Å². The van der Waals surface area contributed by atoms with Crippen LogP contribution in [0.4, 0.5) is 13.2 Å². The number of hydrogen-bond donors (Lipinski definition) is 0. The second kappa shape index (κ2) is 5.39. The van der Waals surface area contributed by atoms with Crippen LogP contribution in [-0.4, -0.2) is 0 Å². The van der Waals surface area contributed by atoms with Gasteiger partial charge in [-0.2, -0.15) is 13.2 Å². The molecular formula is C14H16F3. The molecule has 0 bridgehead atoms. The van der Waals surface area contributed by atoms with Crippen LogP contribution in [0.3, 0.4) is 0 Å². The molecule has 0 spiro atoms. The molecule has 1 aromatic rings. The highest BCUT2D eigenvalue weighted by Gasteiger charge is 2.31. The van der Waals surface area contributed by atoms with E-state index in [4.69, 9.17) is 0 Å². The van der Waals surface area contributed by atoms with Gasteiger partial charge in [-0.1, -0.05) is 32.4 Å². The van der Waals surface area contributed by atoms with Gasteiger partial charge in [0.05, 0.1) is 5.56 Å². The van der Waals surface area contributed by atoms with Crippen molar-refractivity contribution in [2.24, 2.45) is 0 Å². The lowest BCUT2D eigenvalue weighted by Gasteiger charge is -2.15. The fourth-order valence-electron chi connectivity index (χ4n) is 1.72. The summed E-state index contributed by atoms with van der Waals surface area (Å²) in [5, 5.41) is 0. The van der Waals surface area contributed by atoms with Crippen LogP contribution >= 0.6 is 0 Å². The predicted octanol–water partition coefficient (Wildman–Crippen LogP) is 4.79. The van der Waals surface area contributed by atoms with Crippen molar-refractivity contribution >= 4 is 0 Å². The monoisotopic (exact) mass is 241 g/mol. The molecule has 0 nitrogen and oxygen atoms in total. The molecule has 0 saturated carbocycles. The molecule has 0 heterocycles. The minimum atomic E-state index is -4.29. The van der Waals surface area contributed by atoms with Crippen LogP contribution < -0.4 is 0 Å². The average Bonchev–Trinajstić information content (AvgIpc) is 2.27. The molecule has 93 valence electrons. The van der Waals surface area contributed by atoms with Gasteiger partial charge >= 0.3 is 6.18 Å². The molecule has 0 saturated heterocycles. The van der Waals surface area contributed by atoms with Crippen LogP contribution in [0, 0.1) is 5.92 Å². The summed E-state index contributed by atoms with van der Waals surface area (Å²) in [4.78, 5) is 0. The molecule has 0 aliphatic rings. The van der Waals surface area contributed by atoms with E-state index in [-0.39, 0.29) is 0 Å². The summed E-state index contributed by atoms with van der Waals surface area (Å²) in [5.74, 6) is 0.777. The fraction of sp³-hybridized carbons (Fsp3) is 0.357. The van der Waals surface area contributed by atoms with Crippen LogP contribution in [-0.2, 0) is 12.6 Å². The zero-order chi connectivity index (χ0) is 13.1. The summed E-state index contributed by atoms with van der Waals surface area (Å²) < 4.78 is 37.9. The van der Waals surface area contributed by atoms with Crippen molar-refractivity contribution in [3.63, 3.8) is 0 Å². The van der Waals surface area contributed by atoms with E-state index in [1.165, 1.54) is 6.07 Å². The quantitative estimate of drug-likeness (QED) is 0.711. The second-order valence-electron chi connectivity index (χ2n) is 4.01. The Kier molecular flexibility index (Phi) is 4.38. The first kappa shape index (κ1) is 13.8. The van der Waals surface area contributed by atoms with E-state index in [0.29, 0.717) is 5.56 Å². The minimum absolute atomic E-state index is 0.603. The van der Waals surface area contributed by atoms with Gasteiger partial charge in [0.25, 0.3) is 0 Å². The van der Waals surface area contributed by atoms with Crippen molar-refractivity contribution in [1.82, 2.24) is 0 Å². The van der Waals surface area contributed by atoms with Gasteiger partial charge in [0.1, 0.15) is 0 Å². The van der Waals surface area contributed by atoms with Gasteiger partial charge in [-0.15, -0.1) is 6.58 Å². The molecule has 3 heteroatoms. The van der Waals surface area contributed by atoms with E-state index in [2.05, 4.69) is 6.58 Å². The molecule has 1 radical (unpaired) electrons. The van der Waals surface area contributed by atoms with Crippen molar-refractivity contribution in [1.29, 1.82) is 0 Å². The lowest BCUT2D eigenvalue weighted by atomic mass is 9.91. The SMILES string of the molecule is C=C[C](C)c1cc(C(F)(F)F)ccc1CCC. The molecular weight excluding hydrogens is 225 g/mol. The zero-order valence-electron chi connectivity index (χ0n) is 10.1. The minimum Gasteiger partial charge on any atom is -0.166 e. The summed E-state index contributed by atoms with van der Waals surface area (Å²) in [7, 11) is 0. The van der Waals surface area contributed by atoms with E-state index < -0.39 is 11.7 Å². The van der Waals surface area contributed by atoms with Gasteiger partial charge in [-0.05, 0) is 29.7 Å². The van der Waals surface area contributed by atoms with Crippen molar-refractivity contribution < 1.29 is 13.2 Å². The normalized spacial score (nSPS) is 11.9. The largest absolute Gasteiger partial charge is 0.416 e. The molecule has 0 unspecified atom stereocenters. The van der Waals surface area contributed by atoms with Crippen LogP contribution in [0.5, 0.6) is 0 Å². The Morgan fingerprint density at radius 3 is 2.47 bits per heavy atom. The Morgan fingerprint density at radius 2 is 2.00 bits per heavy atom. The van der Waals surface area contributed by atoms with Crippen molar-refractivity contribution in [2.75, 3.05) is 0 Å². The standard InChI is InChI=1S/C14H16F3/c1-4-6-11-7-8-12(14(15,16)17)9-13(11)10(3)5-2/h5,7-9H,2,4,6H2,1,3H3. The number of hydrogen-bond acceptors (Lipinski definition) is 0. The van der Waals surface area contributed by atoms with E-state index in [9.17, 15) is 13.2 Å². The third-order valence-corrected chi connectivity index (χ3v) is 2.69. The van der Waals surface area contributed by atoms with Gasteiger partial charge in [0.15, 0.2) is 0 Å². The highest BCUT2D eigenvalue weighted by atomic mass is 19.4. The van der Waals surface area contributed by atoms with Crippen LogP contribution in [0.25, 0.3) is 0 Å². The number of aryl methyl sites for hydroxylation is 1. The Bertz CT molecular complexity index is 391. The molecule has 0 N–H and O–H groups in total. The molecule has 1 aromatic carbocycles. The van der Waals surface area contributed by atoms with Crippen molar-refractivity contribution in [3.8, 4) is 0 Å². The maximum Gasteiger partial charge on any atom is 0.416 e. The Labute approximate surface area is 100 Å². The smallest absolute Gasteiger partial charge is 0.166 e. The first-order chi connectivity index (χ1) is 7.90. The topological polar surface area (TPSA) is 0 Å². The van der Waals surface area contributed by atoms with E-state index in [1.54, 1.807) is 19.1 Å².